The fraction of sp³-hybridized carbons (Fsp3) is 0.800. The molecule has 6 heavy (non-hydrogen) atoms. The molecule has 1 heteroatoms. The van der Waals surface area contributed by atoms with Gasteiger partial charge in [0.05, 0.1) is 0 Å². The largest absolute Gasteiger partial charge is 0.0654 e. The van der Waals surface area contributed by atoms with Gasteiger partial charge in [0.15, 0.2) is 0 Å². The van der Waals surface area contributed by atoms with Gasteiger partial charge in [-0.2, -0.15) is 0 Å². The Labute approximate surface area is 73.2 Å². The maximum atomic E-state index is 3.68. The van der Waals surface area contributed by atoms with E-state index in [4.69, 9.17) is 0 Å². The van der Waals surface area contributed by atoms with Gasteiger partial charge < -0.3 is 0 Å². The summed E-state index contributed by atoms with van der Waals surface area (Å²) in [6, 6.07) is 0. The minimum absolute atomic E-state index is 0. The number of hydrogen-bond acceptors (Lipinski definition) is 0. The van der Waals surface area contributed by atoms with Crippen LogP contribution in [0.25, 0.3) is 0 Å². The molecule has 0 nitrogen and oxygen atoms in total. The third-order valence-electron chi connectivity index (χ3n) is 0.604. The fourth-order valence-electron chi connectivity index (χ4n) is 0.250. The first-order valence-electron chi connectivity index (χ1n) is 2.21. The number of unbranched alkanes of at least 4 members (excludes halogenated alkanes) is 2. The van der Waals surface area contributed by atoms with Crippen LogP contribution in [0.5, 0.6) is 0 Å². The second-order valence-electron chi connectivity index (χ2n) is 1.21. The van der Waals surface area contributed by atoms with E-state index in [0.717, 1.165) is 6.42 Å². The van der Waals surface area contributed by atoms with Gasteiger partial charge in [0.2, 0.25) is 0 Å². The molecule has 0 aliphatic heterocycles. The summed E-state index contributed by atoms with van der Waals surface area (Å²) in [5.74, 6) is 0. The van der Waals surface area contributed by atoms with Crippen molar-refractivity contribution in [2.75, 3.05) is 0 Å². The summed E-state index contributed by atoms with van der Waals surface area (Å²) in [6.07, 6.45) is 3.65. The van der Waals surface area contributed by atoms with Gasteiger partial charge in [-0.15, -0.1) is 0 Å². The first-order valence-corrected chi connectivity index (χ1v) is 2.21. The van der Waals surface area contributed by atoms with Gasteiger partial charge in [-0.3, -0.25) is 0 Å². The fourth-order valence-corrected chi connectivity index (χ4v) is 0.250. The van der Waals surface area contributed by atoms with Gasteiger partial charge in [-0.1, -0.05) is 33.1 Å². The monoisotopic (exact) mass is 213 g/mol. The smallest absolute Gasteiger partial charge is 0 e. The van der Waals surface area contributed by atoms with Crippen LogP contribution in [0.1, 0.15) is 26.2 Å². The SMILES string of the molecule is [CH2]CCCC.[Nd]. The van der Waals surface area contributed by atoms with Crippen LogP contribution in [0.2, 0.25) is 0 Å². The van der Waals surface area contributed by atoms with Crippen molar-refractivity contribution >= 4 is 0 Å². The van der Waals surface area contributed by atoms with E-state index >= 15 is 0 Å². The Balaban J connectivity index is 0. The molecule has 0 aliphatic carbocycles. The van der Waals surface area contributed by atoms with Gasteiger partial charge in [0, 0.05) is 40.8 Å². The van der Waals surface area contributed by atoms with E-state index in [1.807, 2.05) is 0 Å². The summed E-state index contributed by atoms with van der Waals surface area (Å²) in [6.45, 7) is 5.85. The van der Waals surface area contributed by atoms with E-state index in [9.17, 15) is 0 Å². The standard InChI is InChI=1S/C5H11.Nd/c1-3-5-4-2;/h1,3-5H2,2H3;. The zero-order valence-corrected chi connectivity index (χ0v) is 7.54. The molecule has 0 unspecified atom stereocenters. The van der Waals surface area contributed by atoms with Crippen LogP contribution in [0.4, 0.5) is 0 Å². The van der Waals surface area contributed by atoms with E-state index in [1.54, 1.807) is 0 Å². The van der Waals surface area contributed by atoms with Crippen molar-refractivity contribution < 1.29 is 40.8 Å². The van der Waals surface area contributed by atoms with E-state index in [-0.39, 0.29) is 40.8 Å². The second kappa shape index (κ2) is 9.61. The molecule has 0 heterocycles. The van der Waals surface area contributed by atoms with Gasteiger partial charge in [-0.25, -0.2) is 0 Å². The van der Waals surface area contributed by atoms with Crippen LogP contribution in [0.3, 0.4) is 0 Å². The van der Waals surface area contributed by atoms with E-state index < -0.39 is 0 Å². The molecular weight excluding hydrogens is 204 g/mol. The molecule has 0 N–H and O–H groups in total. The molecule has 0 saturated carbocycles. The Kier molecular flexibility index (Phi) is 16.6. The zero-order chi connectivity index (χ0) is 4.12. The maximum absolute atomic E-state index is 3.68. The van der Waals surface area contributed by atoms with Crippen molar-refractivity contribution in [3.05, 3.63) is 6.92 Å². The van der Waals surface area contributed by atoms with Crippen molar-refractivity contribution in [3.8, 4) is 0 Å². The van der Waals surface area contributed by atoms with E-state index in [1.165, 1.54) is 12.8 Å². The first kappa shape index (κ1) is 10.4. The molecule has 0 aliphatic rings. The summed E-state index contributed by atoms with van der Waals surface area (Å²) in [7, 11) is 0. The molecule has 0 aromatic carbocycles. The van der Waals surface area contributed by atoms with E-state index in [0.29, 0.717) is 0 Å². The summed E-state index contributed by atoms with van der Waals surface area (Å²) in [4.78, 5) is 0. The van der Waals surface area contributed by atoms with Crippen LogP contribution in [-0.4, -0.2) is 0 Å². The third-order valence-corrected chi connectivity index (χ3v) is 0.604. The van der Waals surface area contributed by atoms with Crippen LogP contribution in [-0.2, 0) is 0 Å². The molecule has 0 bridgehead atoms. The molecule has 0 aromatic rings. The normalized spacial score (nSPS) is 7.00. The van der Waals surface area contributed by atoms with Crippen LogP contribution in [0.15, 0.2) is 0 Å². The number of rotatable bonds is 2. The predicted octanol–water partition coefficient (Wildman–Crippen LogP) is 2.01. The minimum atomic E-state index is 0. The maximum Gasteiger partial charge on any atom is 0 e. The molecular formula is C5H11Nd. The number of hydrogen-bond donors (Lipinski definition) is 0. The average Bonchev–Trinajstić information content (AvgIpc) is 1.41. The van der Waals surface area contributed by atoms with Crippen molar-refractivity contribution in [1.82, 2.24) is 0 Å². The molecule has 1 radical (unpaired) electrons. The van der Waals surface area contributed by atoms with Gasteiger partial charge in [0.1, 0.15) is 0 Å². The van der Waals surface area contributed by atoms with Gasteiger partial charge in [0.25, 0.3) is 0 Å². The summed E-state index contributed by atoms with van der Waals surface area (Å²) in [5.41, 5.74) is 0. The van der Waals surface area contributed by atoms with E-state index in [2.05, 4.69) is 13.8 Å². The summed E-state index contributed by atoms with van der Waals surface area (Å²) >= 11 is 0. The molecule has 0 atom stereocenters. The van der Waals surface area contributed by atoms with Crippen molar-refractivity contribution in [2.24, 2.45) is 0 Å². The van der Waals surface area contributed by atoms with Crippen LogP contribution in [0, 0.1) is 47.8 Å². The summed E-state index contributed by atoms with van der Waals surface area (Å²) < 4.78 is 0. The molecule has 0 rings (SSSR count). The third kappa shape index (κ3) is 9.02. The van der Waals surface area contributed by atoms with Crippen LogP contribution >= 0.6 is 0 Å². The second-order valence-corrected chi connectivity index (χ2v) is 1.21. The van der Waals surface area contributed by atoms with Crippen molar-refractivity contribution in [2.45, 2.75) is 26.2 Å². The Morgan fingerprint density at radius 3 is 2.00 bits per heavy atom. The first-order chi connectivity index (χ1) is 2.41. The van der Waals surface area contributed by atoms with Gasteiger partial charge >= 0.3 is 0 Å². The molecule has 0 spiro atoms. The molecule has 0 amide bonds. The Morgan fingerprint density at radius 2 is 2.00 bits per heavy atom. The van der Waals surface area contributed by atoms with Crippen molar-refractivity contribution in [1.29, 1.82) is 0 Å². The van der Waals surface area contributed by atoms with Crippen molar-refractivity contribution in [3.63, 3.8) is 0 Å². The Hall–Kier alpha value is 1.35. The quantitative estimate of drug-likeness (QED) is 0.661. The minimum Gasteiger partial charge on any atom is -0.0654 e. The Bertz CT molecular complexity index is 11.4. The molecule has 0 saturated heterocycles. The molecule has 35 valence electrons. The predicted molar refractivity (Wildman–Crippen MR) is 24.9 cm³/mol. The average molecular weight is 215 g/mol. The van der Waals surface area contributed by atoms with Gasteiger partial charge in [-0.05, 0) is 0 Å². The Morgan fingerprint density at radius 1 is 1.50 bits per heavy atom. The summed E-state index contributed by atoms with van der Waals surface area (Å²) in [5, 5.41) is 0. The molecule has 0 fully saturated rings. The van der Waals surface area contributed by atoms with Crippen LogP contribution < -0.4 is 0 Å². The zero-order valence-electron chi connectivity index (χ0n) is 4.33. The topological polar surface area (TPSA) is 0 Å². The molecule has 0 aromatic heterocycles.